The molecule has 2 aromatic rings. The Morgan fingerprint density at radius 2 is 1.66 bits per heavy atom. The summed E-state index contributed by atoms with van der Waals surface area (Å²) in [7, 11) is 0. The summed E-state index contributed by atoms with van der Waals surface area (Å²) in [5, 5.41) is 12.7. The third-order valence-electron chi connectivity index (χ3n) is 5.26. The number of ether oxygens (including phenoxy) is 1. The Morgan fingerprint density at radius 3 is 2.38 bits per heavy atom. The van der Waals surface area contributed by atoms with Crippen LogP contribution >= 0.6 is 12.4 Å². The van der Waals surface area contributed by atoms with Gasteiger partial charge in [-0.2, -0.15) is 0 Å². The maximum Gasteiger partial charge on any atom is 0.0680 e. The summed E-state index contributed by atoms with van der Waals surface area (Å²) < 4.78 is 5.71. The van der Waals surface area contributed by atoms with Gasteiger partial charge in [0, 0.05) is 19.2 Å². The molecule has 0 bridgehead atoms. The van der Waals surface area contributed by atoms with E-state index in [1.54, 1.807) is 0 Å². The molecule has 0 saturated carbocycles. The second-order valence-corrected chi connectivity index (χ2v) is 7.66. The van der Waals surface area contributed by atoms with Crippen molar-refractivity contribution < 1.29 is 9.84 Å². The van der Waals surface area contributed by atoms with Gasteiger partial charge in [0.25, 0.3) is 0 Å². The van der Waals surface area contributed by atoms with Crippen LogP contribution in [0.3, 0.4) is 0 Å². The first-order valence-corrected chi connectivity index (χ1v) is 10.6. The van der Waals surface area contributed by atoms with E-state index in [2.05, 4.69) is 66.0 Å². The van der Waals surface area contributed by atoms with Crippen LogP contribution in [0.1, 0.15) is 44.1 Å². The fourth-order valence-electron chi connectivity index (χ4n) is 3.61. The van der Waals surface area contributed by atoms with Crippen molar-refractivity contribution in [2.75, 3.05) is 19.8 Å². The standard InChI is InChI=1S/C25H33NO2.ClH/c27-25-18-24(26-19-25)20-28-17-9-4-2-1-3-6-10-21-13-15-23(16-14-21)22-11-7-5-8-12-22;/h5-8,10-16,24-27H,1-4,9,17-20H2;1H/b10-6+;/t24-,25+;/m0./s1. The molecule has 0 amide bonds. The second kappa shape index (κ2) is 13.6. The first kappa shape index (κ1) is 23.6. The molecule has 1 fully saturated rings. The summed E-state index contributed by atoms with van der Waals surface area (Å²) in [6.07, 6.45) is 11.1. The van der Waals surface area contributed by atoms with E-state index < -0.39 is 0 Å². The van der Waals surface area contributed by atoms with Gasteiger partial charge in [0.15, 0.2) is 0 Å². The van der Waals surface area contributed by atoms with Gasteiger partial charge in [0.2, 0.25) is 0 Å². The highest BCUT2D eigenvalue weighted by molar-refractivity contribution is 5.85. The summed E-state index contributed by atoms with van der Waals surface area (Å²) >= 11 is 0. The number of benzene rings is 2. The highest BCUT2D eigenvalue weighted by Crippen LogP contribution is 2.19. The van der Waals surface area contributed by atoms with Crippen molar-refractivity contribution in [2.24, 2.45) is 0 Å². The van der Waals surface area contributed by atoms with E-state index in [9.17, 15) is 5.11 Å². The molecule has 29 heavy (non-hydrogen) atoms. The van der Waals surface area contributed by atoms with Gasteiger partial charge in [-0.3, -0.25) is 0 Å². The molecule has 1 saturated heterocycles. The molecule has 0 aliphatic carbocycles. The SMILES string of the molecule is Cl.O[C@H]1CN[C@H](COCCCCCC/C=C/c2ccc(-c3ccccc3)cc2)C1. The van der Waals surface area contributed by atoms with E-state index in [1.165, 1.54) is 36.0 Å². The van der Waals surface area contributed by atoms with Crippen molar-refractivity contribution in [3.05, 3.63) is 66.2 Å². The fraction of sp³-hybridized carbons (Fsp3) is 0.440. The molecule has 1 heterocycles. The molecule has 1 aliphatic heterocycles. The van der Waals surface area contributed by atoms with Gasteiger partial charge in [-0.15, -0.1) is 12.4 Å². The van der Waals surface area contributed by atoms with Crippen molar-refractivity contribution >= 4 is 18.5 Å². The Hall–Kier alpha value is -1.65. The maximum atomic E-state index is 9.45. The number of aliphatic hydroxyl groups excluding tert-OH is 1. The van der Waals surface area contributed by atoms with Crippen LogP contribution in [0.25, 0.3) is 17.2 Å². The summed E-state index contributed by atoms with van der Waals surface area (Å²) in [5.74, 6) is 0. The van der Waals surface area contributed by atoms with Gasteiger partial charge >= 0.3 is 0 Å². The van der Waals surface area contributed by atoms with Crippen LogP contribution in [0.2, 0.25) is 0 Å². The Balaban J connectivity index is 0.00000300. The maximum absolute atomic E-state index is 9.45. The lowest BCUT2D eigenvalue weighted by Gasteiger charge is -2.10. The molecule has 158 valence electrons. The zero-order chi connectivity index (χ0) is 19.4. The highest BCUT2D eigenvalue weighted by atomic mass is 35.5. The number of hydrogen-bond donors (Lipinski definition) is 2. The number of rotatable bonds is 11. The number of β-amino-alcohol motifs (C(OH)–C–C–N with tert-alkyl or cyclic N) is 1. The summed E-state index contributed by atoms with van der Waals surface area (Å²) in [6.45, 7) is 2.26. The third-order valence-corrected chi connectivity index (χ3v) is 5.26. The monoisotopic (exact) mass is 415 g/mol. The molecule has 3 rings (SSSR count). The zero-order valence-electron chi connectivity index (χ0n) is 17.1. The van der Waals surface area contributed by atoms with Crippen LogP contribution in [0.5, 0.6) is 0 Å². The number of halogens is 1. The Morgan fingerprint density at radius 1 is 0.931 bits per heavy atom. The quantitative estimate of drug-likeness (QED) is 0.477. The summed E-state index contributed by atoms with van der Waals surface area (Å²) in [4.78, 5) is 0. The minimum absolute atomic E-state index is 0. The minimum Gasteiger partial charge on any atom is -0.392 e. The zero-order valence-corrected chi connectivity index (χ0v) is 17.9. The second-order valence-electron chi connectivity index (χ2n) is 7.66. The average molecular weight is 416 g/mol. The topological polar surface area (TPSA) is 41.5 Å². The molecule has 0 aromatic heterocycles. The van der Waals surface area contributed by atoms with E-state index >= 15 is 0 Å². The van der Waals surface area contributed by atoms with Gasteiger partial charge in [-0.1, -0.05) is 79.6 Å². The van der Waals surface area contributed by atoms with E-state index in [1.807, 2.05) is 6.07 Å². The lowest BCUT2D eigenvalue weighted by atomic mass is 10.0. The van der Waals surface area contributed by atoms with Crippen molar-refractivity contribution in [2.45, 2.75) is 50.7 Å². The Kier molecular flexibility index (Phi) is 11.0. The minimum atomic E-state index is -0.191. The Labute approximate surface area is 181 Å². The smallest absolute Gasteiger partial charge is 0.0680 e. The third kappa shape index (κ3) is 8.71. The van der Waals surface area contributed by atoms with Gasteiger partial charge in [-0.05, 0) is 42.4 Å². The van der Waals surface area contributed by atoms with Crippen LogP contribution in [-0.2, 0) is 4.74 Å². The van der Waals surface area contributed by atoms with E-state index in [-0.39, 0.29) is 18.5 Å². The largest absolute Gasteiger partial charge is 0.392 e. The molecular formula is C25H34ClNO2. The molecule has 3 nitrogen and oxygen atoms in total. The molecule has 0 radical (unpaired) electrons. The number of hydrogen-bond acceptors (Lipinski definition) is 3. The summed E-state index contributed by atoms with van der Waals surface area (Å²) in [5.41, 5.74) is 3.79. The van der Waals surface area contributed by atoms with Crippen LogP contribution < -0.4 is 5.32 Å². The van der Waals surface area contributed by atoms with Crippen LogP contribution in [-0.4, -0.2) is 37.0 Å². The van der Waals surface area contributed by atoms with Gasteiger partial charge in [-0.25, -0.2) is 0 Å². The first-order valence-electron chi connectivity index (χ1n) is 10.6. The molecule has 2 N–H and O–H groups in total. The molecule has 1 aliphatic rings. The van der Waals surface area contributed by atoms with Crippen LogP contribution in [0.15, 0.2) is 60.7 Å². The van der Waals surface area contributed by atoms with Crippen LogP contribution in [0, 0.1) is 0 Å². The number of allylic oxidation sites excluding steroid dienone is 1. The van der Waals surface area contributed by atoms with Crippen molar-refractivity contribution in [3.8, 4) is 11.1 Å². The molecule has 2 aromatic carbocycles. The molecule has 4 heteroatoms. The number of aliphatic hydroxyl groups is 1. The highest BCUT2D eigenvalue weighted by Gasteiger charge is 2.21. The molecule has 0 spiro atoms. The van der Waals surface area contributed by atoms with Crippen molar-refractivity contribution in [1.29, 1.82) is 0 Å². The average Bonchev–Trinajstić information content (AvgIpc) is 3.15. The molecule has 2 atom stereocenters. The predicted molar refractivity (Wildman–Crippen MR) is 124 cm³/mol. The normalized spacial score (nSPS) is 18.8. The number of unbranched alkanes of at least 4 members (excludes halogenated alkanes) is 4. The van der Waals surface area contributed by atoms with Crippen molar-refractivity contribution in [3.63, 3.8) is 0 Å². The molecular weight excluding hydrogens is 382 g/mol. The fourth-order valence-corrected chi connectivity index (χ4v) is 3.61. The number of nitrogens with one attached hydrogen (secondary N) is 1. The molecule has 0 unspecified atom stereocenters. The van der Waals surface area contributed by atoms with Crippen molar-refractivity contribution in [1.82, 2.24) is 5.32 Å². The predicted octanol–water partition coefficient (Wildman–Crippen LogP) is 5.48. The van der Waals surface area contributed by atoms with Gasteiger partial charge < -0.3 is 15.2 Å². The summed E-state index contributed by atoms with van der Waals surface area (Å²) in [6, 6.07) is 19.6. The van der Waals surface area contributed by atoms with E-state index in [0.29, 0.717) is 12.6 Å². The lowest BCUT2D eigenvalue weighted by molar-refractivity contribution is 0.107. The van der Waals surface area contributed by atoms with Gasteiger partial charge in [0.05, 0.1) is 12.7 Å². The first-order chi connectivity index (χ1) is 13.8. The van der Waals surface area contributed by atoms with E-state index in [4.69, 9.17) is 4.74 Å². The van der Waals surface area contributed by atoms with E-state index in [0.717, 1.165) is 32.5 Å². The van der Waals surface area contributed by atoms with Gasteiger partial charge in [0.1, 0.15) is 0 Å². The lowest BCUT2D eigenvalue weighted by Crippen LogP contribution is -2.26. The van der Waals surface area contributed by atoms with Crippen LogP contribution in [0.4, 0.5) is 0 Å². The Bertz CT molecular complexity index is 703.